The molecule has 0 atom stereocenters. The monoisotopic (exact) mass is 215 g/mol. The molecule has 1 rings (SSSR count). The Balaban J connectivity index is 3.31. The largest absolute Gasteiger partial charge is 0.496 e. The van der Waals surface area contributed by atoms with Crippen LogP contribution in [0.15, 0.2) is 6.07 Å². The molecule has 2 N–H and O–H groups in total. The highest BCUT2D eigenvalue weighted by molar-refractivity contribution is 6.31. The van der Waals surface area contributed by atoms with Gasteiger partial charge in [-0.05, 0) is 25.5 Å². The van der Waals surface area contributed by atoms with Gasteiger partial charge in [-0.2, -0.15) is 0 Å². The number of hydrogen-bond donors (Lipinski definition) is 1. The molecule has 0 aliphatic rings. The third-order valence-electron chi connectivity index (χ3n) is 2.22. The number of nitrogens with two attached hydrogens (primary N) is 1. The van der Waals surface area contributed by atoms with Crippen LogP contribution in [-0.2, 0) is 11.4 Å². The normalized spacial score (nSPS) is 10.4. The van der Waals surface area contributed by atoms with E-state index in [4.69, 9.17) is 22.2 Å². The molecule has 0 unspecified atom stereocenters. The summed E-state index contributed by atoms with van der Waals surface area (Å²) in [6.07, 6.45) is 0. The van der Waals surface area contributed by atoms with Crippen LogP contribution in [0.5, 0.6) is 5.75 Å². The Labute approximate surface area is 88.7 Å². The van der Waals surface area contributed by atoms with Gasteiger partial charge in [0.05, 0.1) is 13.7 Å². The third-order valence-corrected chi connectivity index (χ3v) is 2.62. The van der Waals surface area contributed by atoms with E-state index in [1.54, 1.807) is 7.11 Å². The minimum atomic E-state index is 0.326. The SMILES string of the molecule is COc1c(C)c(Cl)cc(C)c1CON. The molecule has 0 bridgehead atoms. The van der Waals surface area contributed by atoms with Crippen molar-refractivity contribution in [3.8, 4) is 5.75 Å². The van der Waals surface area contributed by atoms with Gasteiger partial charge in [0.2, 0.25) is 0 Å². The molecule has 0 aromatic heterocycles. The summed E-state index contributed by atoms with van der Waals surface area (Å²) in [7, 11) is 1.61. The molecule has 1 aromatic carbocycles. The van der Waals surface area contributed by atoms with Crippen molar-refractivity contribution >= 4 is 11.6 Å². The van der Waals surface area contributed by atoms with Crippen molar-refractivity contribution < 1.29 is 9.57 Å². The highest BCUT2D eigenvalue weighted by Gasteiger charge is 2.12. The zero-order valence-electron chi connectivity index (χ0n) is 8.56. The summed E-state index contributed by atoms with van der Waals surface area (Å²) in [5.41, 5.74) is 2.87. The van der Waals surface area contributed by atoms with Gasteiger partial charge < -0.3 is 4.74 Å². The fourth-order valence-corrected chi connectivity index (χ4v) is 1.69. The Morgan fingerprint density at radius 1 is 1.43 bits per heavy atom. The van der Waals surface area contributed by atoms with Gasteiger partial charge in [-0.1, -0.05) is 11.6 Å². The van der Waals surface area contributed by atoms with E-state index in [0.717, 1.165) is 22.4 Å². The Bertz CT molecular complexity index is 339. The molecule has 3 nitrogen and oxygen atoms in total. The molecule has 0 amide bonds. The van der Waals surface area contributed by atoms with Crippen LogP contribution in [0, 0.1) is 13.8 Å². The van der Waals surface area contributed by atoms with E-state index >= 15 is 0 Å². The Morgan fingerprint density at radius 2 is 2.07 bits per heavy atom. The lowest BCUT2D eigenvalue weighted by Crippen LogP contribution is -2.04. The first-order valence-corrected chi connectivity index (χ1v) is 4.63. The molecule has 14 heavy (non-hydrogen) atoms. The van der Waals surface area contributed by atoms with Gasteiger partial charge in [0.15, 0.2) is 0 Å². The molecule has 4 heteroatoms. The lowest BCUT2D eigenvalue weighted by Gasteiger charge is -2.14. The summed E-state index contributed by atoms with van der Waals surface area (Å²) in [5, 5.41) is 0.695. The van der Waals surface area contributed by atoms with Gasteiger partial charge in [0.25, 0.3) is 0 Å². The molecule has 0 radical (unpaired) electrons. The second-order valence-corrected chi connectivity index (χ2v) is 3.53. The van der Waals surface area contributed by atoms with Crippen LogP contribution in [0.25, 0.3) is 0 Å². The molecular formula is C10H14ClNO2. The quantitative estimate of drug-likeness (QED) is 0.788. The summed E-state index contributed by atoms with van der Waals surface area (Å²) in [5.74, 6) is 5.80. The number of aryl methyl sites for hydroxylation is 1. The molecule has 1 aromatic rings. The van der Waals surface area contributed by atoms with Crippen molar-refractivity contribution in [1.82, 2.24) is 0 Å². The predicted octanol–water partition coefficient (Wildman–Crippen LogP) is 2.36. The number of halogens is 1. The minimum absolute atomic E-state index is 0.326. The molecule has 0 spiro atoms. The summed E-state index contributed by atoms with van der Waals surface area (Å²) in [6, 6.07) is 1.88. The number of benzene rings is 1. The second-order valence-electron chi connectivity index (χ2n) is 3.12. The van der Waals surface area contributed by atoms with Crippen LogP contribution in [0.3, 0.4) is 0 Å². The summed E-state index contributed by atoms with van der Waals surface area (Å²) in [4.78, 5) is 4.62. The van der Waals surface area contributed by atoms with Crippen LogP contribution in [-0.4, -0.2) is 7.11 Å². The van der Waals surface area contributed by atoms with E-state index in [2.05, 4.69) is 4.84 Å². The molecule has 78 valence electrons. The van der Waals surface area contributed by atoms with Gasteiger partial charge in [-0.25, -0.2) is 5.90 Å². The summed E-state index contributed by atoms with van der Waals surface area (Å²) < 4.78 is 5.27. The Morgan fingerprint density at radius 3 is 2.57 bits per heavy atom. The van der Waals surface area contributed by atoms with Crippen molar-refractivity contribution in [2.24, 2.45) is 5.90 Å². The van der Waals surface area contributed by atoms with Gasteiger partial charge in [0.1, 0.15) is 5.75 Å². The maximum atomic E-state index is 6.02. The minimum Gasteiger partial charge on any atom is -0.496 e. The fraction of sp³-hybridized carbons (Fsp3) is 0.400. The van der Waals surface area contributed by atoms with Crippen molar-refractivity contribution in [3.05, 3.63) is 27.8 Å². The Kier molecular flexibility index (Phi) is 3.75. The lowest BCUT2D eigenvalue weighted by molar-refractivity contribution is 0.121. The van der Waals surface area contributed by atoms with Crippen LogP contribution in [0.1, 0.15) is 16.7 Å². The maximum absolute atomic E-state index is 6.02. The lowest BCUT2D eigenvalue weighted by atomic mass is 10.0. The molecule has 0 fully saturated rings. The first-order valence-electron chi connectivity index (χ1n) is 4.26. The smallest absolute Gasteiger partial charge is 0.129 e. The number of rotatable bonds is 3. The number of methoxy groups -OCH3 is 1. The first-order chi connectivity index (χ1) is 6.61. The van der Waals surface area contributed by atoms with Crippen LogP contribution in [0.2, 0.25) is 5.02 Å². The molecule has 0 aliphatic carbocycles. The van der Waals surface area contributed by atoms with E-state index < -0.39 is 0 Å². The highest BCUT2D eigenvalue weighted by atomic mass is 35.5. The third kappa shape index (κ3) is 2.00. The molecule has 0 heterocycles. The summed E-state index contributed by atoms with van der Waals surface area (Å²) >= 11 is 6.02. The number of ether oxygens (including phenoxy) is 1. The molecule has 0 aliphatic heterocycles. The average molecular weight is 216 g/mol. The molecule has 0 saturated carbocycles. The fourth-order valence-electron chi connectivity index (χ4n) is 1.44. The second kappa shape index (κ2) is 4.64. The van der Waals surface area contributed by atoms with Crippen LogP contribution >= 0.6 is 11.6 Å². The zero-order chi connectivity index (χ0) is 10.7. The molecule has 0 saturated heterocycles. The topological polar surface area (TPSA) is 44.5 Å². The maximum Gasteiger partial charge on any atom is 0.129 e. The van der Waals surface area contributed by atoms with E-state index in [9.17, 15) is 0 Å². The summed E-state index contributed by atoms with van der Waals surface area (Å²) in [6.45, 7) is 4.18. The van der Waals surface area contributed by atoms with Gasteiger partial charge >= 0.3 is 0 Å². The van der Waals surface area contributed by atoms with E-state index in [1.807, 2.05) is 19.9 Å². The molecular weight excluding hydrogens is 202 g/mol. The van der Waals surface area contributed by atoms with E-state index in [1.165, 1.54) is 0 Å². The van der Waals surface area contributed by atoms with E-state index in [-0.39, 0.29) is 0 Å². The van der Waals surface area contributed by atoms with Crippen molar-refractivity contribution in [2.75, 3.05) is 7.11 Å². The first kappa shape index (κ1) is 11.3. The van der Waals surface area contributed by atoms with Crippen LogP contribution in [0.4, 0.5) is 0 Å². The van der Waals surface area contributed by atoms with Crippen molar-refractivity contribution in [1.29, 1.82) is 0 Å². The zero-order valence-corrected chi connectivity index (χ0v) is 9.31. The van der Waals surface area contributed by atoms with Gasteiger partial charge in [-0.15, -0.1) is 0 Å². The van der Waals surface area contributed by atoms with Gasteiger partial charge in [0, 0.05) is 16.1 Å². The average Bonchev–Trinajstić information content (AvgIpc) is 2.15. The standard InChI is InChI=1S/C10H14ClNO2/c1-6-4-9(11)7(2)10(13-3)8(6)5-14-12/h4H,5,12H2,1-3H3. The van der Waals surface area contributed by atoms with Crippen LogP contribution < -0.4 is 10.6 Å². The van der Waals surface area contributed by atoms with Gasteiger partial charge in [-0.3, -0.25) is 4.84 Å². The Hall–Kier alpha value is -0.770. The van der Waals surface area contributed by atoms with Crippen molar-refractivity contribution in [2.45, 2.75) is 20.5 Å². The number of hydrogen-bond acceptors (Lipinski definition) is 3. The van der Waals surface area contributed by atoms with Crippen molar-refractivity contribution in [3.63, 3.8) is 0 Å². The van der Waals surface area contributed by atoms with E-state index in [0.29, 0.717) is 11.6 Å². The highest BCUT2D eigenvalue weighted by Crippen LogP contribution is 2.32. The predicted molar refractivity (Wildman–Crippen MR) is 56.5 cm³/mol.